The molecule has 0 aromatic heterocycles. The number of rotatable bonds is 3. The molecule has 2 nitrogen and oxygen atoms in total. The number of hydrogen-bond acceptors (Lipinski definition) is 2. The Balaban J connectivity index is 2.37. The van der Waals surface area contributed by atoms with E-state index in [-0.39, 0.29) is 5.78 Å². The first-order valence-electron chi connectivity index (χ1n) is 6.97. The molecule has 1 atom stereocenters. The minimum absolute atomic E-state index is 0.0370. The summed E-state index contributed by atoms with van der Waals surface area (Å²) in [5.41, 5.74) is 8.43. The van der Waals surface area contributed by atoms with Crippen LogP contribution >= 0.6 is 0 Å². The number of carbonyl (C=O) groups excluding carboxylic acids is 1. The number of nitrogens with two attached hydrogens (primary N) is 1. The van der Waals surface area contributed by atoms with Gasteiger partial charge in [-0.2, -0.15) is 0 Å². The molecule has 21 heavy (non-hydrogen) atoms. The minimum Gasteiger partial charge on any atom is -0.321 e. The first kappa shape index (κ1) is 14.9. The maximum absolute atomic E-state index is 11.8. The Morgan fingerprint density at radius 3 is 1.67 bits per heavy atom. The van der Waals surface area contributed by atoms with Crippen LogP contribution in [0.25, 0.3) is 11.1 Å². The van der Waals surface area contributed by atoms with Gasteiger partial charge < -0.3 is 5.73 Å². The summed E-state index contributed by atoms with van der Waals surface area (Å²) in [5, 5.41) is 0. The van der Waals surface area contributed by atoms with Crippen molar-refractivity contribution in [3.63, 3.8) is 0 Å². The van der Waals surface area contributed by atoms with Crippen LogP contribution in [0.4, 0.5) is 0 Å². The van der Waals surface area contributed by atoms with E-state index in [9.17, 15) is 4.79 Å². The van der Waals surface area contributed by atoms with Crippen molar-refractivity contribution in [1.82, 2.24) is 0 Å². The molecule has 0 saturated carbocycles. The highest BCUT2D eigenvalue weighted by atomic mass is 16.1. The zero-order valence-corrected chi connectivity index (χ0v) is 12.1. The number of hydrogen-bond donors (Lipinski definition) is 1. The van der Waals surface area contributed by atoms with Gasteiger partial charge in [0, 0.05) is 5.56 Å². The predicted octanol–water partition coefficient (Wildman–Crippen LogP) is 4.01. The molecule has 2 rings (SSSR count). The van der Waals surface area contributed by atoms with Crippen molar-refractivity contribution >= 4 is 5.78 Å². The van der Waals surface area contributed by atoms with Crippen molar-refractivity contribution in [2.45, 2.75) is 13.0 Å². The Morgan fingerprint density at radius 1 is 0.762 bits per heavy atom. The van der Waals surface area contributed by atoms with Crippen LogP contribution in [0.5, 0.6) is 0 Å². The summed E-state index contributed by atoms with van der Waals surface area (Å²) >= 11 is 0. The van der Waals surface area contributed by atoms with E-state index in [2.05, 4.69) is 0 Å². The molecule has 2 N–H and O–H groups in total. The van der Waals surface area contributed by atoms with Gasteiger partial charge in [-0.25, -0.2) is 0 Å². The van der Waals surface area contributed by atoms with Crippen LogP contribution in [0.15, 0.2) is 78.9 Å². The van der Waals surface area contributed by atoms with E-state index in [0.29, 0.717) is 5.56 Å². The van der Waals surface area contributed by atoms with Gasteiger partial charge in [-0.15, -0.1) is 0 Å². The van der Waals surface area contributed by atoms with Gasteiger partial charge in [0.2, 0.25) is 0 Å². The lowest BCUT2D eigenvalue weighted by atomic mass is 10.0. The summed E-state index contributed by atoms with van der Waals surface area (Å²) in [4.78, 5) is 11.8. The SMILES string of the molecule is CC(N)C(=O)c1ccc(-c2ccccccccc2)cc1. The molecule has 0 radical (unpaired) electrons. The highest BCUT2D eigenvalue weighted by Gasteiger charge is 2.10. The molecule has 0 aliphatic carbocycles. The summed E-state index contributed by atoms with van der Waals surface area (Å²) in [6.07, 6.45) is 0. The van der Waals surface area contributed by atoms with Gasteiger partial charge in [0.1, 0.15) is 0 Å². The van der Waals surface area contributed by atoms with Gasteiger partial charge in [0.25, 0.3) is 0 Å². The van der Waals surface area contributed by atoms with Crippen molar-refractivity contribution in [2.75, 3.05) is 0 Å². The van der Waals surface area contributed by atoms with Gasteiger partial charge in [0.15, 0.2) is 5.78 Å². The highest BCUT2D eigenvalue weighted by molar-refractivity contribution is 6.00. The van der Waals surface area contributed by atoms with Crippen molar-refractivity contribution in [2.24, 2.45) is 5.73 Å². The van der Waals surface area contributed by atoms with Crippen LogP contribution < -0.4 is 5.73 Å². The lowest BCUT2D eigenvalue weighted by Crippen LogP contribution is -2.26. The van der Waals surface area contributed by atoms with E-state index in [1.54, 1.807) is 6.92 Å². The molecular weight excluding hydrogens is 258 g/mol. The fourth-order valence-electron chi connectivity index (χ4n) is 1.98. The third-order valence-electron chi connectivity index (χ3n) is 3.13. The van der Waals surface area contributed by atoms with E-state index < -0.39 is 6.04 Å². The van der Waals surface area contributed by atoms with Crippen LogP contribution in [-0.2, 0) is 0 Å². The van der Waals surface area contributed by atoms with Crippen molar-refractivity contribution in [3.05, 3.63) is 84.4 Å². The quantitative estimate of drug-likeness (QED) is 0.861. The van der Waals surface area contributed by atoms with Crippen LogP contribution in [0.3, 0.4) is 0 Å². The molecule has 2 aromatic carbocycles. The standard InChI is InChI=1S/C19H19NO/c1-15(20)19(21)18-13-11-17(12-14-18)16-9-7-5-3-2-4-6-8-10-16/h2-15H,20H2,1H3. The van der Waals surface area contributed by atoms with E-state index in [1.165, 1.54) is 0 Å². The second-order valence-corrected chi connectivity index (χ2v) is 4.87. The minimum atomic E-state index is -0.469. The Kier molecular flexibility index (Phi) is 5.24. The van der Waals surface area contributed by atoms with Crippen LogP contribution in [0.2, 0.25) is 0 Å². The first-order valence-corrected chi connectivity index (χ1v) is 6.97. The Labute approximate surface area is 125 Å². The molecule has 0 spiro atoms. The van der Waals surface area contributed by atoms with Crippen LogP contribution in [-0.4, -0.2) is 11.8 Å². The molecule has 0 amide bonds. The Morgan fingerprint density at radius 2 is 1.19 bits per heavy atom. The van der Waals surface area contributed by atoms with E-state index in [0.717, 1.165) is 11.1 Å². The summed E-state index contributed by atoms with van der Waals surface area (Å²) < 4.78 is 0. The number of Topliss-reactive ketones (excluding diaryl/α,β-unsaturated/α-hetero) is 1. The fraction of sp³-hybridized carbons (Fsp3) is 0.105. The largest absolute Gasteiger partial charge is 0.321 e. The Hall–Kier alpha value is -2.45. The average Bonchev–Trinajstić information content (AvgIpc) is 2.52. The monoisotopic (exact) mass is 277 g/mol. The van der Waals surface area contributed by atoms with Crippen LogP contribution in [0.1, 0.15) is 17.3 Å². The molecule has 0 aliphatic rings. The van der Waals surface area contributed by atoms with Crippen LogP contribution in [0, 0.1) is 0 Å². The molecule has 0 bridgehead atoms. The highest BCUT2D eigenvalue weighted by Crippen LogP contribution is 2.18. The van der Waals surface area contributed by atoms with E-state index >= 15 is 0 Å². The van der Waals surface area contributed by atoms with Gasteiger partial charge >= 0.3 is 0 Å². The van der Waals surface area contributed by atoms with E-state index in [4.69, 9.17) is 5.73 Å². The molecule has 0 saturated heterocycles. The van der Waals surface area contributed by atoms with Gasteiger partial charge in [-0.05, 0) is 18.1 Å². The number of benzene rings is 1. The molecule has 106 valence electrons. The molecule has 1 unspecified atom stereocenters. The van der Waals surface area contributed by atoms with Gasteiger partial charge in [0.05, 0.1) is 6.04 Å². The molecule has 0 aliphatic heterocycles. The lowest BCUT2D eigenvalue weighted by Gasteiger charge is -2.05. The maximum atomic E-state index is 11.8. The van der Waals surface area contributed by atoms with Crippen molar-refractivity contribution in [1.29, 1.82) is 0 Å². The van der Waals surface area contributed by atoms with Crippen molar-refractivity contribution < 1.29 is 4.79 Å². The normalized spacial score (nSPS) is 11.3. The third-order valence-corrected chi connectivity index (χ3v) is 3.13. The molecule has 2 aromatic rings. The summed E-state index contributed by atoms with van der Waals surface area (Å²) in [6, 6.07) is 25.1. The second kappa shape index (κ2) is 7.36. The molecule has 0 heterocycles. The smallest absolute Gasteiger partial charge is 0.179 e. The fourth-order valence-corrected chi connectivity index (χ4v) is 1.98. The Bertz CT molecular complexity index is 633. The molecule has 2 heteroatoms. The third kappa shape index (κ3) is 4.26. The first-order chi connectivity index (χ1) is 10.2. The maximum Gasteiger partial charge on any atom is 0.179 e. The van der Waals surface area contributed by atoms with Gasteiger partial charge in [-0.1, -0.05) is 78.9 Å². The summed E-state index contributed by atoms with van der Waals surface area (Å²) in [5.74, 6) is -0.0370. The van der Waals surface area contributed by atoms with Crippen molar-refractivity contribution in [3.8, 4) is 11.1 Å². The zero-order chi connectivity index (χ0) is 15.1. The average molecular weight is 277 g/mol. The molecular formula is C19H19NO. The topological polar surface area (TPSA) is 43.1 Å². The number of carbonyl (C=O) groups is 1. The predicted molar refractivity (Wildman–Crippen MR) is 87.5 cm³/mol. The van der Waals surface area contributed by atoms with E-state index in [1.807, 2.05) is 78.9 Å². The second-order valence-electron chi connectivity index (χ2n) is 4.87. The molecule has 0 fully saturated rings. The summed E-state index contributed by atoms with van der Waals surface area (Å²) in [7, 11) is 0. The number of ketones is 1. The van der Waals surface area contributed by atoms with Gasteiger partial charge in [-0.3, -0.25) is 4.79 Å². The lowest BCUT2D eigenvalue weighted by molar-refractivity contribution is 0.0968. The summed E-state index contributed by atoms with van der Waals surface area (Å²) in [6.45, 7) is 1.70. The zero-order valence-electron chi connectivity index (χ0n) is 12.1.